The highest BCUT2D eigenvalue weighted by Gasteiger charge is 2.49. The van der Waals surface area contributed by atoms with Gasteiger partial charge in [-0.2, -0.15) is 26.9 Å². The molecular weight excluding hydrogens is 607 g/mol. The molecule has 0 unspecified atom stereocenters. The fourth-order valence-corrected chi connectivity index (χ4v) is 5.27. The average molecular weight is 640 g/mol. The Morgan fingerprint density at radius 2 is 1.80 bits per heavy atom. The van der Waals surface area contributed by atoms with Gasteiger partial charge in [0.1, 0.15) is 12.2 Å². The highest BCUT2D eigenvalue weighted by molar-refractivity contribution is 7.87. The molecule has 3 heterocycles. The third kappa shape index (κ3) is 7.81. The number of carbonyl (C=O) groups is 2. The molecule has 4 rings (SSSR count). The van der Waals surface area contributed by atoms with E-state index in [1.54, 1.807) is 49.9 Å². The molecule has 1 fully saturated rings. The summed E-state index contributed by atoms with van der Waals surface area (Å²) in [6.07, 6.45) is -1.13. The number of aromatic nitrogens is 1. The van der Waals surface area contributed by atoms with Crippen molar-refractivity contribution in [3.8, 4) is 11.9 Å². The van der Waals surface area contributed by atoms with Crippen LogP contribution in [0, 0.1) is 11.3 Å². The van der Waals surface area contributed by atoms with Gasteiger partial charge in [0.25, 0.3) is 0 Å². The Kier molecular flexibility index (Phi) is 9.47. The van der Waals surface area contributed by atoms with Crippen molar-refractivity contribution in [3.63, 3.8) is 0 Å². The molecule has 2 aliphatic rings. The monoisotopic (exact) mass is 639 g/mol. The molecule has 1 aromatic heterocycles. The molecule has 44 heavy (non-hydrogen) atoms. The van der Waals surface area contributed by atoms with Crippen molar-refractivity contribution < 1.29 is 44.8 Å². The SMILES string of the molecule is CC(C)(C)OC(=O)N1CCN(c2cc(OS(=O)(=O)C(F)(F)F)nc3c2CCN(C(=O)OCc2ccccc2)C3)C[C@@H]1CC#N. The van der Waals surface area contributed by atoms with Crippen molar-refractivity contribution >= 4 is 28.0 Å². The third-order valence-electron chi connectivity index (χ3n) is 6.86. The molecule has 2 aliphatic heterocycles. The van der Waals surface area contributed by atoms with Crippen molar-refractivity contribution in [2.24, 2.45) is 0 Å². The van der Waals surface area contributed by atoms with Crippen LogP contribution in [0.3, 0.4) is 0 Å². The lowest BCUT2D eigenvalue weighted by Crippen LogP contribution is -2.56. The van der Waals surface area contributed by atoms with E-state index in [-0.39, 0.29) is 57.9 Å². The Morgan fingerprint density at radius 3 is 2.43 bits per heavy atom. The maximum absolute atomic E-state index is 13.2. The van der Waals surface area contributed by atoms with E-state index in [4.69, 9.17) is 9.47 Å². The van der Waals surface area contributed by atoms with E-state index < -0.39 is 45.3 Å². The van der Waals surface area contributed by atoms with E-state index in [1.807, 2.05) is 12.1 Å². The number of hydrogen-bond donors (Lipinski definition) is 0. The number of amides is 2. The maximum atomic E-state index is 13.2. The molecule has 1 aromatic carbocycles. The van der Waals surface area contributed by atoms with Crippen LogP contribution >= 0.6 is 0 Å². The van der Waals surface area contributed by atoms with Crippen LogP contribution in [0.5, 0.6) is 5.88 Å². The number of halogens is 3. The minimum Gasteiger partial charge on any atom is -0.445 e. The molecule has 1 atom stereocenters. The number of fused-ring (bicyclic) bond motifs is 1. The average Bonchev–Trinajstić information content (AvgIpc) is 2.94. The van der Waals surface area contributed by atoms with Crippen LogP contribution in [-0.2, 0) is 39.2 Å². The summed E-state index contributed by atoms with van der Waals surface area (Å²) in [5, 5.41) is 9.45. The number of carbonyl (C=O) groups excluding carboxylic acids is 2. The number of anilines is 1. The number of rotatable bonds is 6. The summed E-state index contributed by atoms with van der Waals surface area (Å²) in [6, 6.07) is 11.5. The van der Waals surface area contributed by atoms with Gasteiger partial charge in [-0.1, -0.05) is 30.3 Å². The van der Waals surface area contributed by atoms with Gasteiger partial charge in [0.15, 0.2) is 0 Å². The summed E-state index contributed by atoms with van der Waals surface area (Å²) in [5.41, 5.74) is -4.70. The third-order valence-corrected chi connectivity index (χ3v) is 7.81. The summed E-state index contributed by atoms with van der Waals surface area (Å²) >= 11 is 0. The van der Waals surface area contributed by atoms with Crippen LogP contribution in [0.15, 0.2) is 36.4 Å². The molecule has 238 valence electrons. The van der Waals surface area contributed by atoms with Crippen molar-refractivity contribution in [1.29, 1.82) is 5.26 Å². The molecule has 0 aliphatic carbocycles. The van der Waals surface area contributed by atoms with Gasteiger partial charge in [0.2, 0.25) is 5.88 Å². The highest BCUT2D eigenvalue weighted by Crippen LogP contribution is 2.35. The molecule has 2 aromatic rings. The van der Waals surface area contributed by atoms with Gasteiger partial charge >= 0.3 is 27.8 Å². The molecule has 16 heteroatoms. The molecule has 0 saturated carbocycles. The molecule has 2 amide bonds. The van der Waals surface area contributed by atoms with Crippen LogP contribution in [-0.4, -0.2) is 78.7 Å². The maximum Gasteiger partial charge on any atom is 0.534 e. The number of ether oxygens (including phenoxy) is 2. The van der Waals surface area contributed by atoms with Crippen molar-refractivity contribution in [2.75, 3.05) is 31.1 Å². The zero-order valence-electron chi connectivity index (χ0n) is 24.3. The van der Waals surface area contributed by atoms with Gasteiger partial charge in [0, 0.05) is 43.5 Å². The predicted molar refractivity (Wildman–Crippen MR) is 150 cm³/mol. The van der Waals surface area contributed by atoms with Gasteiger partial charge in [-0.15, -0.1) is 0 Å². The van der Waals surface area contributed by atoms with E-state index in [2.05, 4.69) is 9.17 Å². The number of nitrogens with zero attached hydrogens (tertiary/aromatic N) is 5. The van der Waals surface area contributed by atoms with Crippen LogP contribution in [0.2, 0.25) is 0 Å². The second kappa shape index (κ2) is 12.8. The minimum atomic E-state index is -6.05. The van der Waals surface area contributed by atoms with E-state index in [1.165, 1.54) is 9.80 Å². The van der Waals surface area contributed by atoms with Crippen molar-refractivity contribution in [1.82, 2.24) is 14.8 Å². The molecular formula is C28H32F3N5O7S. The van der Waals surface area contributed by atoms with Crippen LogP contribution in [0.1, 0.15) is 44.0 Å². The second-order valence-electron chi connectivity index (χ2n) is 11.2. The zero-order chi connectivity index (χ0) is 32.3. The summed E-state index contributed by atoms with van der Waals surface area (Å²) in [4.78, 5) is 34.2. The Hall–Kier alpha value is -4.26. The lowest BCUT2D eigenvalue weighted by Gasteiger charge is -2.43. The van der Waals surface area contributed by atoms with E-state index in [0.29, 0.717) is 11.3 Å². The van der Waals surface area contributed by atoms with Gasteiger partial charge in [0.05, 0.1) is 30.8 Å². The number of benzene rings is 1. The molecule has 0 N–H and O–H groups in total. The normalized spacial score (nSPS) is 17.4. The van der Waals surface area contributed by atoms with Crippen LogP contribution in [0.4, 0.5) is 28.4 Å². The quantitative estimate of drug-likeness (QED) is 0.331. The van der Waals surface area contributed by atoms with Crippen molar-refractivity contribution in [3.05, 3.63) is 53.2 Å². The van der Waals surface area contributed by atoms with Crippen molar-refractivity contribution in [2.45, 2.75) is 63.9 Å². The highest BCUT2D eigenvalue weighted by atomic mass is 32.2. The standard InChI is InChI=1S/C28H32F3N5O7S/c1-27(2,3)42-26(38)36-14-13-34(16-20(36)9-11-32)23-15-24(43-44(39,40)28(29,30)31)33-22-17-35(12-10-21(22)23)25(37)41-18-19-7-5-4-6-8-19/h4-8,15,20H,9-10,12-14,16-18H2,1-3H3/t20-/m0/s1. The first-order chi connectivity index (χ1) is 20.6. The number of nitriles is 1. The zero-order valence-corrected chi connectivity index (χ0v) is 25.2. The fraction of sp³-hybridized carbons (Fsp3) is 0.500. The fourth-order valence-electron chi connectivity index (χ4n) is 4.86. The Balaban J connectivity index is 1.63. The largest absolute Gasteiger partial charge is 0.534 e. The lowest BCUT2D eigenvalue weighted by molar-refractivity contribution is -0.0501. The van der Waals surface area contributed by atoms with E-state index in [0.717, 1.165) is 11.6 Å². The predicted octanol–water partition coefficient (Wildman–Crippen LogP) is 4.34. The number of hydrogen-bond acceptors (Lipinski definition) is 10. The summed E-state index contributed by atoms with van der Waals surface area (Å²) in [7, 11) is -6.05. The summed E-state index contributed by atoms with van der Waals surface area (Å²) in [5.74, 6) is -0.831. The summed E-state index contributed by atoms with van der Waals surface area (Å²) in [6.45, 7) is 5.53. The Labute approximate surface area is 253 Å². The molecule has 1 saturated heterocycles. The smallest absolute Gasteiger partial charge is 0.445 e. The van der Waals surface area contributed by atoms with Gasteiger partial charge in [-0.25, -0.2) is 14.6 Å². The Bertz CT molecular complexity index is 1520. The topological polar surface area (TPSA) is 142 Å². The number of piperazine rings is 1. The first kappa shape index (κ1) is 32.6. The number of pyridine rings is 1. The van der Waals surface area contributed by atoms with E-state index >= 15 is 0 Å². The van der Waals surface area contributed by atoms with Gasteiger partial charge < -0.3 is 28.4 Å². The molecule has 12 nitrogen and oxygen atoms in total. The van der Waals surface area contributed by atoms with Gasteiger partial charge in [-0.05, 0) is 32.8 Å². The van der Waals surface area contributed by atoms with Crippen LogP contribution in [0.25, 0.3) is 0 Å². The van der Waals surface area contributed by atoms with Crippen LogP contribution < -0.4 is 9.08 Å². The Morgan fingerprint density at radius 1 is 1.09 bits per heavy atom. The second-order valence-corrected chi connectivity index (χ2v) is 12.8. The number of alkyl halides is 3. The van der Waals surface area contributed by atoms with E-state index in [9.17, 15) is 36.4 Å². The molecule has 0 radical (unpaired) electrons. The molecule has 0 bridgehead atoms. The van der Waals surface area contributed by atoms with Gasteiger partial charge in [-0.3, -0.25) is 0 Å². The molecule has 0 spiro atoms. The first-order valence-corrected chi connectivity index (χ1v) is 15.1. The minimum absolute atomic E-state index is 0.00308. The lowest BCUT2D eigenvalue weighted by atomic mass is 10.0. The first-order valence-electron chi connectivity index (χ1n) is 13.7. The summed E-state index contributed by atoms with van der Waals surface area (Å²) < 4.78 is 78.5.